The monoisotopic (exact) mass is 368 g/mol. The highest BCUT2D eigenvalue weighted by Gasteiger charge is 2.40. The van der Waals surface area contributed by atoms with Gasteiger partial charge in [0.2, 0.25) is 0 Å². The highest BCUT2D eigenvalue weighted by atomic mass is 16.5. The maximum absolute atomic E-state index is 9.34. The third-order valence-electron chi connectivity index (χ3n) is 6.29. The van der Waals surface area contributed by atoms with Crippen molar-refractivity contribution in [2.45, 2.75) is 0 Å². The smallest absolute Gasteiger partial charge is 0.256 e. The van der Waals surface area contributed by atoms with E-state index in [1.54, 1.807) is 0 Å². The Bertz CT molecular complexity index is 1560. The fourth-order valence-corrected chi connectivity index (χ4v) is 5.15. The number of hydrogen-bond acceptors (Lipinski definition) is 2. The molecule has 0 saturated carbocycles. The molecule has 0 aliphatic carbocycles. The molecule has 5 aromatic rings. The van der Waals surface area contributed by atoms with E-state index >= 15 is 0 Å². The van der Waals surface area contributed by atoms with Crippen LogP contribution in [-0.2, 0) is 0 Å². The maximum atomic E-state index is 9.34. The number of para-hydroxylation sites is 2. The molecular formula is C25H13BN2O. The van der Waals surface area contributed by atoms with Gasteiger partial charge >= 0.3 is 0 Å². The van der Waals surface area contributed by atoms with Crippen molar-refractivity contribution < 1.29 is 4.74 Å². The zero-order valence-corrected chi connectivity index (χ0v) is 15.4. The zero-order chi connectivity index (χ0) is 19.1. The zero-order valence-electron chi connectivity index (χ0n) is 15.4. The van der Waals surface area contributed by atoms with Crippen LogP contribution in [0.1, 0.15) is 5.56 Å². The van der Waals surface area contributed by atoms with E-state index in [1.807, 2.05) is 12.1 Å². The predicted octanol–water partition coefficient (Wildman–Crippen LogP) is 3.59. The summed E-state index contributed by atoms with van der Waals surface area (Å²) in [7, 11) is 0. The van der Waals surface area contributed by atoms with Crippen LogP contribution >= 0.6 is 0 Å². The molecule has 0 amide bonds. The Morgan fingerprint density at radius 1 is 0.793 bits per heavy atom. The summed E-state index contributed by atoms with van der Waals surface area (Å²) in [5.41, 5.74) is 7.87. The van der Waals surface area contributed by atoms with Gasteiger partial charge in [-0.25, -0.2) is 0 Å². The van der Waals surface area contributed by atoms with E-state index in [9.17, 15) is 5.26 Å². The molecule has 0 fully saturated rings. The molecule has 0 bridgehead atoms. The molecular weight excluding hydrogens is 355 g/mol. The highest BCUT2D eigenvalue weighted by molar-refractivity contribution is 6.99. The van der Waals surface area contributed by atoms with Crippen LogP contribution in [0.4, 0.5) is 0 Å². The second-order valence-electron chi connectivity index (χ2n) is 7.68. The van der Waals surface area contributed by atoms with Gasteiger partial charge in [-0.3, -0.25) is 0 Å². The molecule has 0 spiro atoms. The van der Waals surface area contributed by atoms with Crippen LogP contribution in [0.2, 0.25) is 0 Å². The van der Waals surface area contributed by atoms with Crippen molar-refractivity contribution in [3.8, 4) is 23.3 Å². The van der Waals surface area contributed by atoms with Crippen LogP contribution in [0.3, 0.4) is 0 Å². The third-order valence-corrected chi connectivity index (χ3v) is 6.29. The molecule has 4 aromatic carbocycles. The molecule has 0 saturated heterocycles. The molecule has 4 heteroatoms. The van der Waals surface area contributed by atoms with Gasteiger partial charge in [0, 0.05) is 16.5 Å². The number of hydrogen-bond donors (Lipinski definition) is 0. The van der Waals surface area contributed by atoms with E-state index in [2.05, 4.69) is 77.4 Å². The molecule has 0 N–H and O–H groups in total. The lowest BCUT2D eigenvalue weighted by Gasteiger charge is -2.32. The van der Waals surface area contributed by atoms with Crippen LogP contribution < -0.4 is 21.1 Å². The second-order valence-corrected chi connectivity index (χ2v) is 7.68. The Morgan fingerprint density at radius 2 is 1.66 bits per heavy atom. The quantitative estimate of drug-likeness (QED) is 0.384. The Labute approximate surface area is 167 Å². The number of rotatable bonds is 0. The third kappa shape index (κ3) is 1.73. The van der Waals surface area contributed by atoms with Gasteiger partial charge in [-0.1, -0.05) is 42.5 Å². The molecule has 1 aromatic heterocycles. The van der Waals surface area contributed by atoms with Crippen LogP contribution in [0.15, 0.2) is 78.9 Å². The minimum Gasteiger partial charge on any atom is -0.458 e. The minimum atomic E-state index is 0.0956. The first kappa shape index (κ1) is 15.0. The molecule has 3 nitrogen and oxygen atoms in total. The molecule has 0 atom stereocenters. The Hall–Kier alpha value is -3.97. The van der Waals surface area contributed by atoms with Crippen molar-refractivity contribution in [2.75, 3.05) is 0 Å². The molecule has 3 heterocycles. The van der Waals surface area contributed by atoms with Gasteiger partial charge in [-0.15, -0.1) is 0 Å². The standard InChI is InChI=1S/C25H13BN2O/c27-14-15-9-11-19-23(13-15)29-22-12-10-17-16-5-1-3-7-20(16)28-21-8-4-2-6-18(21)26(19)24(22)25(17)28/h1-13H. The molecule has 0 radical (unpaired) electrons. The summed E-state index contributed by atoms with van der Waals surface area (Å²) in [6, 6.07) is 29.5. The fraction of sp³-hybridized carbons (Fsp3) is 0. The number of ether oxygens (including phenoxy) is 1. The van der Waals surface area contributed by atoms with E-state index in [0.717, 1.165) is 17.0 Å². The van der Waals surface area contributed by atoms with Crippen molar-refractivity contribution in [3.05, 3.63) is 84.4 Å². The number of nitriles is 1. The van der Waals surface area contributed by atoms with E-state index in [1.165, 1.54) is 38.4 Å². The first-order valence-corrected chi connectivity index (χ1v) is 9.72. The minimum absolute atomic E-state index is 0.0956. The van der Waals surface area contributed by atoms with E-state index in [-0.39, 0.29) is 6.71 Å². The highest BCUT2D eigenvalue weighted by Crippen LogP contribution is 2.38. The summed E-state index contributed by atoms with van der Waals surface area (Å²) in [4.78, 5) is 0. The van der Waals surface area contributed by atoms with Crippen LogP contribution in [-0.4, -0.2) is 11.3 Å². The van der Waals surface area contributed by atoms with Gasteiger partial charge in [0.1, 0.15) is 11.5 Å². The van der Waals surface area contributed by atoms with Crippen molar-refractivity contribution in [1.82, 2.24) is 4.57 Å². The van der Waals surface area contributed by atoms with Crippen molar-refractivity contribution >= 4 is 44.9 Å². The van der Waals surface area contributed by atoms with Gasteiger partial charge in [-0.2, -0.15) is 5.26 Å². The summed E-state index contributed by atoms with van der Waals surface area (Å²) in [5, 5.41) is 11.8. The summed E-state index contributed by atoms with van der Waals surface area (Å²) < 4.78 is 8.72. The van der Waals surface area contributed by atoms with Gasteiger partial charge in [0.25, 0.3) is 6.71 Å². The molecule has 2 aliphatic rings. The Kier molecular flexibility index (Phi) is 2.64. The lowest BCUT2D eigenvalue weighted by atomic mass is 9.34. The van der Waals surface area contributed by atoms with Gasteiger partial charge in [0.15, 0.2) is 0 Å². The van der Waals surface area contributed by atoms with Gasteiger partial charge < -0.3 is 9.30 Å². The normalized spacial score (nSPS) is 13.0. The van der Waals surface area contributed by atoms with Gasteiger partial charge in [-0.05, 0) is 52.8 Å². The first-order valence-electron chi connectivity index (χ1n) is 9.72. The van der Waals surface area contributed by atoms with Crippen molar-refractivity contribution in [1.29, 1.82) is 5.26 Å². The number of fused-ring (bicyclic) bond motifs is 8. The predicted molar refractivity (Wildman–Crippen MR) is 117 cm³/mol. The largest absolute Gasteiger partial charge is 0.458 e. The van der Waals surface area contributed by atoms with Crippen molar-refractivity contribution in [2.24, 2.45) is 0 Å². The summed E-state index contributed by atoms with van der Waals surface area (Å²) in [6.45, 7) is 0.0956. The summed E-state index contributed by atoms with van der Waals surface area (Å²) in [6.07, 6.45) is 0. The SMILES string of the molecule is N#Cc1ccc2c(c1)Oc1ccc3c4ccccc4n4c3c1B2c1ccccc1-4. The Morgan fingerprint density at radius 3 is 2.59 bits per heavy atom. The molecule has 0 unspecified atom stereocenters. The molecule has 132 valence electrons. The average Bonchev–Trinajstić information content (AvgIpc) is 3.12. The van der Waals surface area contributed by atoms with E-state index in [4.69, 9.17) is 4.74 Å². The molecule has 2 aliphatic heterocycles. The van der Waals surface area contributed by atoms with Crippen LogP contribution in [0, 0.1) is 11.3 Å². The molecule has 29 heavy (non-hydrogen) atoms. The molecule has 7 rings (SSSR count). The van der Waals surface area contributed by atoms with E-state index in [0.29, 0.717) is 5.56 Å². The lowest BCUT2D eigenvalue weighted by molar-refractivity contribution is 0.488. The average molecular weight is 368 g/mol. The fourth-order valence-electron chi connectivity index (χ4n) is 5.15. The topological polar surface area (TPSA) is 37.9 Å². The summed E-state index contributed by atoms with van der Waals surface area (Å²) in [5.74, 6) is 1.66. The first-order chi connectivity index (χ1) is 14.3. The van der Waals surface area contributed by atoms with Crippen LogP contribution in [0.25, 0.3) is 27.5 Å². The number of aromatic nitrogens is 1. The number of benzene rings is 4. The van der Waals surface area contributed by atoms with Crippen molar-refractivity contribution in [3.63, 3.8) is 0 Å². The summed E-state index contributed by atoms with van der Waals surface area (Å²) >= 11 is 0. The Balaban J connectivity index is 1.71. The maximum Gasteiger partial charge on any atom is 0.256 e. The van der Waals surface area contributed by atoms with Gasteiger partial charge in [0.05, 0.1) is 22.7 Å². The van der Waals surface area contributed by atoms with Crippen LogP contribution in [0.5, 0.6) is 11.5 Å². The lowest BCUT2D eigenvalue weighted by Crippen LogP contribution is -2.58. The number of nitrogens with zero attached hydrogens (tertiary/aromatic N) is 2. The second kappa shape index (κ2) is 5.09. The van der Waals surface area contributed by atoms with E-state index < -0.39 is 0 Å².